The molecular weight excluding hydrogens is 402 g/mol. The molecule has 1 N–H and O–H groups in total. The number of hydrogen-bond donors (Lipinski definition) is 1. The van der Waals surface area contributed by atoms with E-state index < -0.39 is 17.8 Å². The fourth-order valence-corrected chi connectivity index (χ4v) is 3.36. The average Bonchev–Trinajstić information content (AvgIpc) is 3.55. The van der Waals surface area contributed by atoms with Crippen molar-refractivity contribution in [1.29, 1.82) is 0 Å². The van der Waals surface area contributed by atoms with Crippen LogP contribution in [-0.4, -0.2) is 34.1 Å². The van der Waals surface area contributed by atoms with Crippen molar-refractivity contribution < 1.29 is 32.7 Å². The van der Waals surface area contributed by atoms with E-state index in [1.165, 1.54) is 42.8 Å². The highest BCUT2D eigenvalue weighted by Gasteiger charge is 2.42. The maximum atomic E-state index is 13.5. The Morgan fingerprint density at radius 1 is 1.03 bits per heavy atom. The number of rotatable bonds is 7. The Morgan fingerprint density at radius 2 is 1.68 bits per heavy atom. The van der Waals surface area contributed by atoms with E-state index >= 15 is 0 Å². The highest BCUT2D eigenvalue weighted by molar-refractivity contribution is 6.25. The molecule has 0 aliphatic carbocycles. The topological polar surface area (TPSA) is 114 Å². The standard InChI is InChI=1S/C23H17NO7/c1-14(23(27)28)24-18(12-17-6-3-9-30-17)22(26)20(21(24)19-7-4-10-31-19)15(13-25)11-16-5-2-8-29-16/h2-14H,1H3,(H,27,28)/b15-11-,18-12-. The summed E-state index contributed by atoms with van der Waals surface area (Å²) in [6.45, 7) is 1.44. The van der Waals surface area contributed by atoms with Crippen LogP contribution in [0.15, 0.2) is 85.3 Å². The Balaban J connectivity index is 1.98. The Morgan fingerprint density at radius 3 is 2.23 bits per heavy atom. The predicted octanol–water partition coefficient (Wildman–Crippen LogP) is 3.86. The van der Waals surface area contributed by atoms with Gasteiger partial charge < -0.3 is 23.3 Å². The summed E-state index contributed by atoms with van der Waals surface area (Å²) < 4.78 is 16.1. The summed E-state index contributed by atoms with van der Waals surface area (Å²) in [5.41, 5.74) is 0.245. The first-order chi connectivity index (χ1) is 15.0. The number of furan rings is 3. The van der Waals surface area contributed by atoms with Crippen LogP contribution >= 0.6 is 0 Å². The van der Waals surface area contributed by atoms with Gasteiger partial charge in [-0.15, -0.1) is 0 Å². The monoisotopic (exact) mass is 419 g/mol. The molecule has 4 rings (SSSR count). The molecule has 3 aromatic heterocycles. The molecule has 0 aromatic carbocycles. The zero-order valence-corrected chi connectivity index (χ0v) is 16.3. The number of aliphatic carboxylic acids is 1. The van der Waals surface area contributed by atoms with Crippen molar-refractivity contribution in [2.45, 2.75) is 13.0 Å². The van der Waals surface area contributed by atoms with E-state index in [0.717, 1.165) is 0 Å². The number of Topliss-reactive ketones (excluding diaryl/α,β-unsaturated/α-hetero) is 1. The van der Waals surface area contributed by atoms with Crippen LogP contribution in [0.1, 0.15) is 24.2 Å². The zero-order chi connectivity index (χ0) is 22.0. The lowest BCUT2D eigenvalue weighted by Crippen LogP contribution is -2.35. The van der Waals surface area contributed by atoms with E-state index in [9.17, 15) is 19.5 Å². The number of allylic oxidation sites excluding steroid dienone is 2. The first-order valence-electron chi connectivity index (χ1n) is 9.32. The number of hydrogen-bond acceptors (Lipinski definition) is 7. The molecule has 0 saturated carbocycles. The number of ketones is 1. The lowest BCUT2D eigenvalue weighted by atomic mass is 10.00. The summed E-state index contributed by atoms with van der Waals surface area (Å²) in [6, 6.07) is 8.62. The van der Waals surface area contributed by atoms with E-state index in [2.05, 4.69) is 0 Å². The fourth-order valence-electron chi connectivity index (χ4n) is 3.36. The summed E-state index contributed by atoms with van der Waals surface area (Å²) in [5.74, 6) is -0.741. The van der Waals surface area contributed by atoms with Gasteiger partial charge in [0.05, 0.1) is 35.8 Å². The Labute approximate surface area is 176 Å². The van der Waals surface area contributed by atoms with Crippen LogP contribution in [0, 0.1) is 0 Å². The third kappa shape index (κ3) is 3.66. The van der Waals surface area contributed by atoms with Crippen LogP contribution in [0.5, 0.6) is 0 Å². The van der Waals surface area contributed by atoms with Crippen LogP contribution in [0.3, 0.4) is 0 Å². The summed E-state index contributed by atoms with van der Waals surface area (Å²) in [7, 11) is 0. The second kappa shape index (κ2) is 8.19. The molecule has 0 saturated heterocycles. The maximum absolute atomic E-state index is 13.5. The molecule has 1 atom stereocenters. The van der Waals surface area contributed by atoms with Crippen molar-refractivity contribution in [1.82, 2.24) is 4.90 Å². The van der Waals surface area contributed by atoms with Gasteiger partial charge in [-0.1, -0.05) is 0 Å². The van der Waals surface area contributed by atoms with Crippen molar-refractivity contribution in [2.75, 3.05) is 0 Å². The van der Waals surface area contributed by atoms with Gasteiger partial charge in [0.25, 0.3) is 0 Å². The van der Waals surface area contributed by atoms with Gasteiger partial charge in [-0.25, -0.2) is 4.79 Å². The van der Waals surface area contributed by atoms with E-state index in [1.807, 2.05) is 0 Å². The van der Waals surface area contributed by atoms with Crippen molar-refractivity contribution in [2.24, 2.45) is 0 Å². The zero-order valence-electron chi connectivity index (χ0n) is 16.3. The second-order valence-electron chi connectivity index (χ2n) is 6.69. The molecule has 0 bridgehead atoms. The number of carbonyl (C=O) groups excluding carboxylic acids is 2. The molecular formula is C23H17NO7. The van der Waals surface area contributed by atoms with E-state index in [0.29, 0.717) is 17.8 Å². The largest absolute Gasteiger partial charge is 0.480 e. The molecule has 4 heterocycles. The molecule has 156 valence electrons. The molecule has 1 aliphatic rings. The highest BCUT2D eigenvalue weighted by atomic mass is 16.4. The highest BCUT2D eigenvalue weighted by Crippen LogP contribution is 2.41. The number of carboxylic acids is 1. The molecule has 8 heteroatoms. The lowest BCUT2D eigenvalue weighted by molar-refractivity contribution is -0.140. The first-order valence-corrected chi connectivity index (χ1v) is 9.32. The van der Waals surface area contributed by atoms with Gasteiger partial charge in [0.2, 0.25) is 5.78 Å². The number of nitrogens with zero attached hydrogens (tertiary/aromatic N) is 1. The number of aldehydes is 1. The Kier molecular flexibility index (Phi) is 5.28. The molecule has 1 aliphatic heterocycles. The van der Waals surface area contributed by atoms with Crippen LogP contribution in [-0.2, 0) is 14.4 Å². The normalized spacial score (nSPS) is 16.9. The molecule has 8 nitrogen and oxygen atoms in total. The molecule has 0 spiro atoms. The second-order valence-corrected chi connectivity index (χ2v) is 6.69. The van der Waals surface area contributed by atoms with Crippen LogP contribution in [0.25, 0.3) is 17.8 Å². The van der Waals surface area contributed by atoms with E-state index in [-0.39, 0.29) is 28.3 Å². The first kappa shape index (κ1) is 20.0. The number of carboxylic acid groups (broad SMARTS) is 1. The molecule has 0 radical (unpaired) electrons. The minimum atomic E-state index is -1.16. The molecule has 0 amide bonds. The van der Waals surface area contributed by atoms with Gasteiger partial charge in [-0.05, 0) is 49.4 Å². The van der Waals surface area contributed by atoms with Crippen molar-refractivity contribution >= 4 is 35.9 Å². The third-order valence-corrected chi connectivity index (χ3v) is 4.77. The minimum absolute atomic E-state index is 0.00672. The van der Waals surface area contributed by atoms with Gasteiger partial charge in [-0.3, -0.25) is 9.59 Å². The van der Waals surface area contributed by atoms with Gasteiger partial charge in [-0.2, -0.15) is 0 Å². The van der Waals surface area contributed by atoms with Crippen molar-refractivity contribution in [3.8, 4) is 0 Å². The molecule has 31 heavy (non-hydrogen) atoms. The van der Waals surface area contributed by atoms with Gasteiger partial charge in [0.15, 0.2) is 12.0 Å². The minimum Gasteiger partial charge on any atom is -0.480 e. The lowest BCUT2D eigenvalue weighted by Gasteiger charge is -2.26. The summed E-state index contributed by atoms with van der Waals surface area (Å²) >= 11 is 0. The Bertz CT molecular complexity index is 1190. The predicted molar refractivity (Wildman–Crippen MR) is 109 cm³/mol. The Hall–Kier alpha value is -4.33. The van der Waals surface area contributed by atoms with Gasteiger partial charge in [0.1, 0.15) is 17.6 Å². The molecule has 1 unspecified atom stereocenters. The maximum Gasteiger partial charge on any atom is 0.326 e. The quantitative estimate of drug-likeness (QED) is 0.454. The SMILES string of the molecule is CC(C(=O)O)N1C(c2ccco2)=C(/C(C=O)=C\c2ccco2)C(=O)/C1=C/c1ccco1. The number of carbonyl (C=O) groups is 3. The van der Waals surface area contributed by atoms with E-state index in [1.54, 1.807) is 36.4 Å². The third-order valence-electron chi connectivity index (χ3n) is 4.77. The fraction of sp³-hybridized carbons (Fsp3) is 0.0870. The van der Waals surface area contributed by atoms with Gasteiger partial charge >= 0.3 is 5.97 Å². The van der Waals surface area contributed by atoms with Crippen molar-refractivity contribution in [3.05, 3.63) is 89.3 Å². The van der Waals surface area contributed by atoms with Crippen molar-refractivity contribution in [3.63, 3.8) is 0 Å². The molecule has 3 aromatic rings. The van der Waals surface area contributed by atoms with Gasteiger partial charge in [0, 0.05) is 11.6 Å². The average molecular weight is 419 g/mol. The molecule has 0 fully saturated rings. The van der Waals surface area contributed by atoms with Crippen LogP contribution < -0.4 is 0 Å². The van der Waals surface area contributed by atoms with Crippen LogP contribution in [0.4, 0.5) is 0 Å². The smallest absolute Gasteiger partial charge is 0.326 e. The summed E-state index contributed by atoms with van der Waals surface area (Å²) in [5, 5.41) is 9.72. The summed E-state index contributed by atoms with van der Waals surface area (Å²) in [4.78, 5) is 38.8. The van der Waals surface area contributed by atoms with Crippen LogP contribution in [0.2, 0.25) is 0 Å². The van der Waals surface area contributed by atoms with E-state index in [4.69, 9.17) is 13.3 Å². The summed E-state index contributed by atoms with van der Waals surface area (Å²) in [6.07, 6.45) is 7.66.